The zero-order chi connectivity index (χ0) is 14.7. The van der Waals surface area contributed by atoms with Gasteiger partial charge in [-0.1, -0.05) is 47.5 Å². The molecule has 0 atom stereocenters. The van der Waals surface area contributed by atoms with Crippen LogP contribution in [0.25, 0.3) is 0 Å². The van der Waals surface area contributed by atoms with E-state index in [-0.39, 0.29) is 5.91 Å². The lowest BCUT2D eigenvalue weighted by Gasteiger charge is -2.19. The van der Waals surface area contributed by atoms with Gasteiger partial charge in [-0.05, 0) is 37.1 Å². The van der Waals surface area contributed by atoms with E-state index in [0.29, 0.717) is 11.6 Å². The van der Waals surface area contributed by atoms with Gasteiger partial charge in [0.15, 0.2) is 0 Å². The molecule has 0 radical (unpaired) electrons. The highest BCUT2D eigenvalue weighted by Crippen LogP contribution is 2.19. The summed E-state index contributed by atoms with van der Waals surface area (Å²) in [5.41, 5.74) is 3.78. The van der Waals surface area contributed by atoms with E-state index in [2.05, 4.69) is 0 Å². The third-order valence-corrected chi connectivity index (χ3v) is 3.70. The van der Waals surface area contributed by atoms with Crippen molar-refractivity contribution >= 4 is 17.5 Å². The van der Waals surface area contributed by atoms with Gasteiger partial charge in [-0.3, -0.25) is 4.79 Å². The van der Waals surface area contributed by atoms with E-state index in [1.54, 1.807) is 11.9 Å². The number of halogens is 1. The molecule has 0 N–H and O–H groups in total. The quantitative estimate of drug-likeness (QED) is 0.827. The van der Waals surface area contributed by atoms with E-state index >= 15 is 0 Å². The maximum Gasteiger partial charge on any atom is 0.254 e. The van der Waals surface area contributed by atoms with E-state index in [9.17, 15) is 4.79 Å². The predicted octanol–water partition coefficient (Wildman–Crippen LogP) is 4.23. The van der Waals surface area contributed by atoms with Crippen LogP contribution in [0.5, 0.6) is 0 Å². The fraction of sp³-hybridized carbons (Fsp3) is 0.235. The van der Waals surface area contributed by atoms with E-state index in [1.807, 2.05) is 56.3 Å². The van der Waals surface area contributed by atoms with Crippen molar-refractivity contribution in [2.45, 2.75) is 20.4 Å². The first kappa shape index (κ1) is 14.6. The maximum absolute atomic E-state index is 12.5. The minimum absolute atomic E-state index is 0.0196. The number of hydrogen-bond donors (Lipinski definition) is 0. The Labute approximate surface area is 125 Å². The number of amides is 1. The second-order valence-electron chi connectivity index (χ2n) is 5.07. The fourth-order valence-electron chi connectivity index (χ4n) is 2.13. The zero-order valence-electron chi connectivity index (χ0n) is 12.0. The van der Waals surface area contributed by atoms with Gasteiger partial charge >= 0.3 is 0 Å². The molecule has 2 aromatic carbocycles. The second kappa shape index (κ2) is 6.10. The SMILES string of the molecule is Cc1ccc(C)c(C(=O)N(C)Cc2ccccc2Cl)c1. The smallest absolute Gasteiger partial charge is 0.254 e. The van der Waals surface area contributed by atoms with Crippen molar-refractivity contribution in [2.75, 3.05) is 7.05 Å². The van der Waals surface area contributed by atoms with Crippen LogP contribution in [-0.4, -0.2) is 17.9 Å². The summed E-state index contributed by atoms with van der Waals surface area (Å²) in [4.78, 5) is 14.2. The van der Waals surface area contributed by atoms with E-state index in [4.69, 9.17) is 11.6 Å². The summed E-state index contributed by atoms with van der Waals surface area (Å²) in [6.07, 6.45) is 0. The molecule has 0 heterocycles. The largest absolute Gasteiger partial charge is 0.337 e. The second-order valence-corrected chi connectivity index (χ2v) is 5.48. The Balaban J connectivity index is 2.21. The van der Waals surface area contributed by atoms with Gasteiger partial charge < -0.3 is 4.90 Å². The Kier molecular flexibility index (Phi) is 4.46. The first-order chi connectivity index (χ1) is 9.49. The highest BCUT2D eigenvalue weighted by molar-refractivity contribution is 6.31. The molecule has 104 valence electrons. The molecule has 0 fully saturated rings. The summed E-state index contributed by atoms with van der Waals surface area (Å²) in [7, 11) is 1.80. The minimum atomic E-state index is 0.0196. The van der Waals surface area contributed by atoms with Crippen LogP contribution in [0.15, 0.2) is 42.5 Å². The van der Waals surface area contributed by atoms with Gasteiger partial charge in [0.25, 0.3) is 5.91 Å². The van der Waals surface area contributed by atoms with Crippen molar-refractivity contribution in [2.24, 2.45) is 0 Å². The van der Waals surface area contributed by atoms with Crippen LogP contribution in [0.4, 0.5) is 0 Å². The van der Waals surface area contributed by atoms with Crippen molar-refractivity contribution < 1.29 is 4.79 Å². The molecular weight excluding hydrogens is 270 g/mol. The Morgan fingerprint density at radius 1 is 1.15 bits per heavy atom. The molecule has 0 unspecified atom stereocenters. The first-order valence-corrected chi connectivity index (χ1v) is 6.93. The number of rotatable bonds is 3. The van der Waals surface area contributed by atoms with Crippen molar-refractivity contribution in [3.05, 3.63) is 69.7 Å². The van der Waals surface area contributed by atoms with Crippen LogP contribution < -0.4 is 0 Å². The molecule has 0 aliphatic carbocycles. The summed E-state index contributed by atoms with van der Waals surface area (Å²) in [6, 6.07) is 13.5. The lowest BCUT2D eigenvalue weighted by molar-refractivity contribution is 0.0784. The van der Waals surface area contributed by atoms with Gasteiger partial charge in [-0.2, -0.15) is 0 Å². The van der Waals surface area contributed by atoms with Gasteiger partial charge in [0.2, 0.25) is 0 Å². The first-order valence-electron chi connectivity index (χ1n) is 6.55. The summed E-state index contributed by atoms with van der Waals surface area (Å²) in [5.74, 6) is 0.0196. The van der Waals surface area contributed by atoms with Crippen molar-refractivity contribution in [3.8, 4) is 0 Å². The molecule has 3 heteroatoms. The van der Waals surface area contributed by atoms with Crippen molar-refractivity contribution in [1.29, 1.82) is 0 Å². The fourth-order valence-corrected chi connectivity index (χ4v) is 2.32. The molecule has 2 aromatic rings. The van der Waals surface area contributed by atoms with Gasteiger partial charge in [0, 0.05) is 24.2 Å². The lowest BCUT2D eigenvalue weighted by atomic mass is 10.0. The number of aryl methyl sites for hydroxylation is 2. The van der Waals surface area contributed by atoms with Crippen molar-refractivity contribution in [3.63, 3.8) is 0 Å². The van der Waals surface area contributed by atoms with Crippen LogP contribution in [-0.2, 0) is 6.54 Å². The highest BCUT2D eigenvalue weighted by atomic mass is 35.5. The molecule has 0 bridgehead atoms. The molecular formula is C17H18ClNO. The molecule has 20 heavy (non-hydrogen) atoms. The number of carbonyl (C=O) groups is 1. The summed E-state index contributed by atoms with van der Waals surface area (Å²) < 4.78 is 0. The lowest BCUT2D eigenvalue weighted by Crippen LogP contribution is -2.27. The molecule has 2 rings (SSSR count). The molecule has 0 spiro atoms. The Morgan fingerprint density at radius 3 is 2.55 bits per heavy atom. The summed E-state index contributed by atoms with van der Waals surface area (Å²) >= 11 is 6.14. The Hall–Kier alpha value is -1.80. The van der Waals surface area contributed by atoms with Crippen LogP contribution >= 0.6 is 11.6 Å². The number of hydrogen-bond acceptors (Lipinski definition) is 1. The highest BCUT2D eigenvalue weighted by Gasteiger charge is 2.15. The average molecular weight is 288 g/mol. The van der Waals surface area contributed by atoms with Gasteiger partial charge in [0.05, 0.1) is 0 Å². The zero-order valence-corrected chi connectivity index (χ0v) is 12.7. The van der Waals surface area contributed by atoms with Crippen molar-refractivity contribution in [1.82, 2.24) is 4.90 Å². The molecule has 0 aliphatic rings. The van der Waals surface area contributed by atoms with E-state index in [1.165, 1.54) is 0 Å². The monoisotopic (exact) mass is 287 g/mol. The van der Waals surface area contributed by atoms with E-state index < -0.39 is 0 Å². The van der Waals surface area contributed by atoms with Crippen LogP contribution in [0.3, 0.4) is 0 Å². The summed E-state index contributed by atoms with van der Waals surface area (Å²) in [6.45, 7) is 4.45. The molecule has 0 aliphatic heterocycles. The molecule has 1 amide bonds. The predicted molar refractivity (Wildman–Crippen MR) is 83.2 cm³/mol. The Bertz CT molecular complexity index is 637. The molecule has 0 saturated heterocycles. The maximum atomic E-state index is 12.5. The van der Waals surface area contributed by atoms with Gasteiger partial charge in [-0.25, -0.2) is 0 Å². The number of carbonyl (C=O) groups excluding carboxylic acids is 1. The average Bonchev–Trinajstić information content (AvgIpc) is 2.43. The minimum Gasteiger partial charge on any atom is -0.337 e. The Morgan fingerprint density at radius 2 is 1.85 bits per heavy atom. The van der Waals surface area contributed by atoms with Crippen LogP contribution in [0.2, 0.25) is 5.02 Å². The standard InChI is InChI=1S/C17H18ClNO/c1-12-8-9-13(2)15(10-12)17(20)19(3)11-14-6-4-5-7-16(14)18/h4-10H,11H2,1-3H3. The third kappa shape index (κ3) is 3.20. The van der Waals surface area contributed by atoms with Crippen LogP contribution in [0, 0.1) is 13.8 Å². The topological polar surface area (TPSA) is 20.3 Å². The normalized spacial score (nSPS) is 10.4. The van der Waals surface area contributed by atoms with E-state index in [0.717, 1.165) is 22.3 Å². The molecule has 0 saturated carbocycles. The number of benzene rings is 2. The summed E-state index contributed by atoms with van der Waals surface area (Å²) in [5, 5.41) is 0.688. The van der Waals surface area contributed by atoms with Crippen LogP contribution in [0.1, 0.15) is 27.0 Å². The molecule has 2 nitrogen and oxygen atoms in total. The van der Waals surface area contributed by atoms with Gasteiger partial charge in [-0.15, -0.1) is 0 Å². The van der Waals surface area contributed by atoms with Gasteiger partial charge in [0.1, 0.15) is 0 Å². The number of nitrogens with zero attached hydrogens (tertiary/aromatic N) is 1. The third-order valence-electron chi connectivity index (χ3n) is 3.34. The molecule has 0 aromatic heterocycles.